The lowest BCUT2D eigenvalue weighted by Crippen LogP contribution is -2.29. The minimum absolute atomic E-state index is 0.495. The zero-order valence-electron chi connectivity index (χ0n) is 19.2. The van der Waals surface area contributed by atoms with E-state index in [-0.39, 0.29) is 0 Å². The van der Waals surface area contributed by atoms with E-state index in [9.17, 15) is 0 Å². The van der Waals surface area contributed by atoms with Gasteiger partial charge in [-0.2, -0.15) is 0 Å². The highest BCUT2D eigenvalue weighted by molar-refractivity contribution is 9.10. The molecule has 166 valence electrons. The maximum absolute atomic E-state index is 6.41. The van der Waals surface area contributed by atoms with E-state index in [1.54, 1.807) is 0 Å². The zero-order valence-corrected chi connectivity index (χ0v) is 22.4. The summed E-state index contributed by atoms with van der Waals surface area (Å²) < 4.78 is 2.12. The first kappa shape index (κ1) is 22.2. The third kappa shape index (κ3) is 3.18. The van der Waals surface area contributed by atoms with Crippen molar-refractivity contribution in [2.24, 2.45) is 0 Å². The Morgan fingerprint density at radius 1 is 0.545 bits per heavy atom. The van der Waals surface area contributed by atoms with Crippen LogP contribution in [0.4, 0.5) is 11.4 Å². The summed E-state index contributed by atoms with van der Waals surface area (Å²) in [6, 6.07) is 22.3. The molecule has 4 aromatic carbocycles. The Morgan fingerprint density at radius 2 is 0.879 bits per heavy atom. The average Bonchev–Trinajstić information content (AvgIpc) is 3.04. The summed E-state index contributed by atoms with van der Waals surface area (Å²) >= 11 is 7.51. The molecule has 0 radical (unpaired) electrons. The van der Waals surface area contributed by atoms with E-state index >= 15 is 0 Å². The van der Waals surface area contributed by atoms with Crippen molar-refractivity contribution < 1.29 is 0 Å². The number of anilines is 2. The number of halogens is 2. The van der Waals surface area contributed by atoms with Gasteiger partial charge in [0.25, 0.3) is 0 Å². The van der Waals surface area contributed by atoms with Crippen LogP contribution in [0, 0.1) is 27.7 Å². The van der Waals surface area contributed by atoms with Crippen molar-refractivity contribution in [1.82, 2.24) is 0 Å². The largest absolute Gasteiger partial charge is 0.398 e. The van der Waals surface area contributed by atoms with Crippen LogP contribution < -0.4 is 11.5 Å². The Bertz CT molecular complexity index is 1300. The van der Waals surface area contributed by atoms with Crippen LogP contribution in [0.5, 0.6) is 0 Å². The summed E-state index contributed by atoms with van der Waals surface area (Å²) in [6.45, 7) is 8.38. The lowest BCUT2D eigenvalue weighted by Gasteiger charge is -2.35. The molecule has 0 unspecified atom stereocenters. The van der Waals surface area contributed by atoms with Crippen LogP contribution in [-0.2, 0) is 5.41 Å². The van der Waals surface area contributed by atoms with Crippen molar-refractivity contribution in [2.45, 2.75) is 33.1 Å². The van der Waals surface area contributed by atoms with Gasteiger partial charge in [-0.3, -0.25) is 0 Å². The highest BCUT2D eigenvalue weighted by Crippen LogP contribution is 2.57. The smallest absolute Gasteiger partial charge is 0.0714 e. The third-order valence-corrected chi connectivity index (χ3v) is 8.10. The molecule has 0 fully saturated rings. The normalized spacial score (nSPS) is 13.6. The second kappa shape index (κ2) is 7.75. The van der Waals surface area contributed by atoms with Crippen LogP contribution in [0.2, 0.25) is 0 Å². The Labute approximate surface area is 212 Å². The fourth-order valence-electron chi connectivity index (χ4n) is 5.44. The molecule has 4 heteroatoms. The molecule has 2 nitrogen and oxygen atoms in total. The standard InChI is InChI=1S/C29H26Br2N2/c1-15-9-19(10-16(2)27(15)32)29(20-11-17(3)28(33)18(4)12-20)25-13-21(30)5-7-23(25)24-8-6-22(31)14-26(24)29/h5-14H,32-33H2,1-4H3. The fourth-order valence-corrected chi connectivity index (χ4v) is 6.16. The number of benzene rings is 4. The predicted molar refractivity (Wildman–Crippen MR) is 147 cm³/mol. The Balaban J connectivity index is 2.03. The molecule has 0 bridgehead atoms. The van der Waals surface area contributed by atoms with Gasteiger partial charge in [-0.15, -0.1) is 0 Å². The Morgan fingerprint density at radius 3 is 1.21 bits per heavy atom. The maximum Gasteiger partial charge on any atom is 0.0714 e. The number of aryl methyl sites for hydroxylation is 4. The molecule has 1 aliphatic carbocycles. The molecule has 0 heterocycles. The van der Waals surface area contributed by atoms with Gasteiger partial charge in [0.2, 0.25) is 0 Å². The van der Waals surface area contributed by atoms with Crippen LogP contribution in [0.15, 0.2) is 69.6 Å². The quantitative estimate of drug-likeness (QED) is 0.215. The Kier molecular flexibility index (Phi) is 5.22. The molecule has 0 atom stereocenters. The van der Waals surface area contributed by atoms with E-state index in [4.69, 9.17) is 11.5 Å². The van der Waals surface area contributed by atoms with E-state index in [1.807, 2.05) is 0 Å². The van der Waals surface area contributed by atoms with Crippen molar-refractivity contribution in [1.29, 1.82) is 0 Å². The van der Waals surface area contributed by atoms with Crippen molar-refractivity contribution in [2.75, 3.05) is 11.5 Å². The maximum atomic E-state index is 6.41. The first-order valence-corrected chi connectivity index (χ1v) is 12.6. The van der Waals surface area contributed by atoms with Crippen LogP contribution in [-0.4, -0.2) is 0 Å². The lowest BCUT2D eigenvalue weighted by molar-refractivity contribution is 0.763. The topological polar surface area (TPSA) is 52.0 Å². The molecule has 0 amide bonds. The van der Waals surface area contributed by atoms with Crippen LogP contribution in [0.1, 0.15) is 44.5 Å². The zero-order chi connectivity index (χ0) is 23.7. The van der Waals surface area contributed by atoms with Crippen LogP contribution in [0.3, 0.4) is 0 Å². The molecule has 0 saturated carbocycles. The van der Waals surface area contributed by atoms with E-state index in [2.05, 4.69) is 120 Å². The van der Waals surface area contributed by atoms with E-state index in [0.717, 1.165) is 42.6 Å². The molecule has 0 aromatic heterocycles. The van der Waals surface area contributed by atoms with Crippen molar-refractivity contribution >= 4 is 43.2 Å². The summed E-state index contributed by atoms with van der Waals surface area (Å²) in [5.74, 6) is 0. The van der Waals surface area contributed by atoms with Gasteiger partial charge in [0.1, 0.15) is 0 Å². The fraction of sp³-hybridized carbons (Fsp3) is 0.172. The Hall–Kier alpha value is -2.56. The molecule has 0 saturated heterocycles. The molecule has 4 N–H and O–H groups in total. The molecule has 4 aromatic rings. The van der Waals surface area contributed by atoms with E-state index < -0.39 is 5.41 Å². The van der Waals surface area contributed by atoms with E-state index in [1.165, 1.54) is 33.4 Å². The van der Waals surface area contributed by atoms with E-state index in [0.29, 0.717) is 0 Å². The third-order valence-electron chi connectivity index (χ3n) is 7.11. The van der Waals surface area contributed by atoms with Crippen molar-refractivity contribution in [3.05, 3.63) is 114 Å². The number of hydrogen-bond acceptors (Lipinski definition) is 2. The molecule has 5 rings (SSSR count). The first-order valence-electron chi connectivity index (χ1n) is 11.0. The summed E-state index contributed by atoms with van der Waals surface area (Å²) in [4.78, 5) is 0. The van der Waals surface area contributed by atoms with Gasteiger partial charge in [0.15, 0.2) is 0 Å². The van der Waals surface area contributed by atoms with Gasteiger partial charge >= 0.3 is 0 Å². The average molecular weight is 562 g/mol. The molecule has 0 aliphatic heterocycles. The van der Waals surface area contributed by atoms with Crippen molar-refractivity contribution in [3.8, 4) is 11.1 Å². The molecule has 1 aliphatic rings. The number of rotatable bonds is 2. The number of nitrogen functional groups attached to an aromatic ring is 2. The van der Waals surface area contributed by atoms with Gasteiger partial charge < -0.3 is 11.5 Å². The monoisotopic (exact) mass is 560 g/mol. The predicted octanol–water partition coefficient (Wildman–Crippen LogP) is 7.97. The van der Waals surface area contributed by atoms with Crippen LogP contribution >= 0.6 is 31.9 Å². The number of hydrogen-bond donors (Lipinski definition) is 2. The summed E-state index contributed by atoms with van der Waals surface area (Å²) in [5.41, 5.74) is 25.8. The first-order chi connectivity index (χ1) is 15.6. The molecule has 33 heavy (non-hydrogen) atoms. The molecular formula is C29H26Br2N2. The molecular weight excluding hydrogens is 536 g/mol. The second-order valence-electron chi connectivity index (χ2n) is 9.18. The summed E-state index contributed by atoms with van der Waals surface area (Å²) in [5, 5.41) is 0. The summed E-state index contributed by atoms with van der Waals surface area (Å²) in [6.07, 6.45) is 0. The minimum atomic E-state index is -0.495. The van der Waals surface area contributed by atoms with Gasteiger partial charge in [0.05, 0.1) is 5.41 Å². The lowest BCUT2D eigenvalue weighted by atomic mass is 9.66. The highest BCUT2D eigenvalue weighted by atomic mass is 79.9. The SMILES string of the molecule is Cc1cc(C2(c3cc(C)c(N)c(C)c3)c3cc(Br)ccc3-c3ccc(Br)cc32)cc(C)c1N. The van der Waals surface area contributed by atoms with Gasteiger partial charge in [-0.05, 0) is 108 Å². The minimum Gasteiger partial charge on any atom is -0.398 e. The highest BCUT2D eigenvalue weighted by Gasteiger charge is 2.47. The second-order valence-corrected chi connectivity index (χ2v) is 11.0. The molecule has 0 spiro atoms. The number of nitrogens with two attached hydrogens (primary N) is 2. The number of fused-ring (bicyclic) bond motifs is 3. The van der Waals surface area contributed by atoms with Gasteiger partial charge in [0, 0.05) is 20.3 Å². The summed E-state index contributed by atoms with van der Waals surface area (Å²) in [7, 11) is 0. The van der Waals surface area contributed by atoms with Crippen molar-refractivity contribution in [3.63, 3.8) is 0 Å². The van der Waals surface area contributed by atoms with Gasteiger partial charge in [-0.25, -0.2) is 0 Å². The van der Waals surface area contributed by atoms with Gasteiger partial charge in [-0.1, -0.05) is 68.3 Å². The van der Waals surface area contributed by atoms with Crippen LogP contribution in [0.25, 0.3) is 11.1 Å².